The van der Waals surface area contributed by atoms with Crippen LogP contribution in [0.3, 0.4) is 0 Å². The molecule has 5 nitrogen and oxygen atoms in total. The number of halogens is 1. The molecule has 1 saturated carbocycles. The van der Waals surface area contributed by atoms with Crippen LogP contribution in [0.1, 0.15) is 18.5 Å². The molecule has 0 radical (unpaired) electrons. The van der Waals surface area contributed by atoms with Crippen LogP contribution in [-0.4, -0.2) is 38.1 Å². The van der Waals surface area contributed by atoms with Crippen LogP contribution in [0.4, 0.5) is 5.13 Å². The van der Waals surface area contributed by atoms with Crippen molar-refractivity contribution in [1.82, 2.24) is 15.6 Å². The van der Waals surface area contributed by atoms with Gasteiger partial charge in [0.15, 0.2) is 11.1 Å². The topological polar surface area (TPSA) is 52.6 Å². The number of anilines is 1. The molecule has 1 aromatic heterocycles. The van der Waals surface area contributed by atoms with Gasteiger partial charge < -0.3 is 15.5 Å². The summed E-state index contributed by atoms with van der Waals surface area (Å²) < 4.78 is 0. The molecular formula is C11H20IN5S. The number of guanidine groups is 1. The summed E-state index contributed by atoms with van der Waals surface area (Å²) in [7, 11) is 5.80. The summed E-state index contributed by atoms with van der Waals surface area (Å²) in [5.74, 6) is 0.868. The van der Waals surface area contributed by atoms with E-state index in [0.29, 0.717) is 6.04 Å². The Morgan fingerprint density at radius 2 is 2.28 bits per heavy atom. The van der Waals surface area contributed by atoms with Crippen LogP contribution in [0.15, 0.2) is 10.4 Å². The molecule has 1 aromatic rings. The molecule has 1 aliphatic carbocycles. The predicted molar refractivity (Wildman–Crippen MR) is 88.2 cm³/mol. The summed E-state index contributed by atoms with van der Waals surface area (Å²) in [6.45, 7) is 0.719. The van der Waals surface area contributed by atoms with Crippen molar-refractivity contribution in [2.75, 3.05) is 26.0 Å². The van der Waals surface area contributed by atoms with E-state index >= 15 is 0 Å². The van der Waals surface area contributed by atoms with E-state index in [9.17, 15) is 0 Å². The van der Waals surface area contributed by atoms with Crippen molar-refractivity contribution in [3.8, 4) is 0 Å². The Bertz CT molecular complexity index is 400. The fourth-order valence-corrected chi connectivity index (χ4v) is 2.13. The fraction of sp³-hybridized carbons (Fsp3) is 0.636. The second kappa shape index (κ2) is 7.13. The maximum absolute atomic E-state index is 4.51. The largest absolute Gasteiger partial charge is 0.354 e. The lowest BCUT2D eigenvalue weighted by molar-refractivity contribution is 0.794. The number of nitrogens with zero attached hydrogens (tertiary/aromatic N) is 3. The van der Waals surface area contributed by atoms with Crippen molar-refractivity contribution in [2.45, 2.75) is 25.4 Å². The van der Waals surface area contributed by atoms with Crippen LogP contribution in [0.5, 0.6) is 0 Å². The molecular weight excluding hydrogens is 361 g/mol. The quantitative estimate of drug-likeness (QED) is 0.473. The number of aliphatic imine (C=N–C) groups is 1. The lowest BCUT2D eigenvalue weighted by Gasteiger charge is -2.09. The number of thiazole rings is 1. The zero-order chi connectivity index (χ0) is 12.3. The second-order valence-electron chi connectivity index (χ2n) is 4.36. The molecule has 102 valence electrons. The number of hydrogen-bond donors (Lipinski definition) is 2. The van der Waals surface area contributed by atoms with Crippen LogP contribution >= 0.6 is 35.3 Å². The van der Waals surface area contributed by atoms with Crippen LogP contribution < -0.4 is 15.5 Å². The van der Waals surface area contributed by atoms with Gasteiger partial charge in [-0.15, -0.1) is 35.3 Å². The van der Waals surface area contributed by atoms with Gasteiger partial charge in [0.1, 0.15) is 0 Å². The standard InChI is InChI=1S/C11H19N5S.HI/c1-12-10(14-8-4-5-8)13-6-9-7-17-11(15-9)16(2)3;/h7-8H,4-6H2,1-3H3,(H2,12,13,14);1H. The van der Waals surface area contributed by atoms with Crippen molar-refractivity contribution >= 4 is 46.4 Å². The smallest absolute Gasteiger partial charge is 0.191 e. The Hall–Kier alpha value is -0.570. The third-order valence-corrected chi connectivity index (χ3v) is 3.56. The molecule has 2 N–H and O–H groups in total. The van der Waals surface area contributed by atoms with Gasteiger partial charge in [0, 0.05) is 32.6 Å². The zero-order valence-electron chi connectivity index (χ0n) is 10.9. The van der Waals surface area contributed by atoms with Crippen molar-refractivity contribution < 1.29 is 0 Å². The van der Waals surface area contributed by atoms with Gasteiger partial charge >= 0.3 is 0 Å². The SMILES string of the molecule is CN=C(NCc1csc(N(C)C)n1)NC1CC1.I. The highest BCUT2D eigenvalue weighted by Crippen LogP contribution is 2.19. The van der Waals surface area contributed by atoms with Gasteiger partial charge in [-0.3, -0.25) is 4.99 Å². The average molecular weight is 381 g/mol. The Morgan fingerprint density at radius 3 is 2.78 bits per heavy atom. The van der Waals surface area contributed by atoms with E-state index in [1.807, 2.05) is 19.0 Å². The van der Waals surface area contributed by atoms with E-state index in [0.717, 1.165) is 23.3 Å². The van der Waals surface area contributed by atoms with Crippen molar-refractivity contribution in [2.24, 2.45) is 4.99 Å². The Labute approximate surface area is 129 Å². The van der Waals surface area contributed by atoms with Crippen molar-refractivity contribution in [1.29, 1.82) is 0 Å². The van der Waals surface area contributed by atoms with E-state index in [1.54, 1.807) is 18.4 Å². The average Bonchev–Trinajstić information content (AvgIpc) is 2.99. The first-order valence-electron chi connectivity index (χ1n) is 5.78. The summed E-state index contributed by atoms with van der Waals surface area (Å²) in [4.78, 5) is 10.7. The summed E-state index contributed by atoms with van der Waals surface area (Å²) in [5, 5.41) is 9.73. The number of hydrogen-bond acceptors (Lipinski definition) is 4. The van der Waals surface area contributed by atoms with E-state index < -0.39 is 0 Å². The Morgan fingerprint density at radius 1 is 1.56 bits per heavy atom. The van der Waals surface area contributed by atoms with Crippen LogP contribution in [0.25, 0.3) is 0 Å². The highest BCUT2D eigenvalue weighted by molar-refractivity contribution is 14.0. The van der Waals surface area contributed by atoms with Crippen LogP contribution in [-0.2, 0) is 6.54 Å². The normalized spacial score (nSPS) is 14.9. The van der Waals surface area contributed by atoms with E-state index in [1.165, 1.54) is 12.8 Å². The molecule has 1 aliphatic rings. The van der Waals surface area contributed by atoms with E-state index in [-0.39, 0.29) is 24.0 Å². The minimum absolute atomic E-state index is 0. The van der Waals surface area contributed by atoms with Gasteiger partial charge in [-0.05, 0) is 12.8 Å². The maximum atomic E-state index is 4.51. The molecule has 0 spiro atoms. The monoisotopic (exact) mass is 381 g/mol. The first-order valence-corrected chi connectivity index (χ1v) is 6.66. The first-order chi connectivity index (χ1) is 8.19. The lowest BCUT2D eigenvalue weighted by atomic mass is 10.5. The van der Waals surface area contributed by atoms with Crippen molar-refractivity contribution in [3.05, 3.63) is 11.1 Å². The van der Waals surface area contributed by atoms with Crippen LogP contribution in [0, 0.1) is 0 Å². The molecule has 0 aliphatic heterocycles. The number of aromatic nitrogens is 1. The maximum Gasteiger partial charge on any atom is 0.191 e. The Balaban J connectivity index is 0.00000162. The van der Waals surface area contributed by atoms with Crippen LogP contribution in [0.2, 0.25) is 0 Å². The minimum atomic E-state index is 0. The summed E-state index contributed by atoms with van der Waals surface area (Å²) in [6.07, 6.45) is 2.50. The fourth-order valence-electron chi connectivity index (χ4n) is 1.37. The van der Waals surface area contributed by atoms with Gasteiger partial charge in [-0.25, -0.2) is 4.98 Å². The molecule has 1 fully saturated rings. The van der Waals surface area contributed by atoms with E-state index in [4.69, 9.17) is 0 Å². The molecule has 7 heteroatoms. The summed E-state index contributed by atoms with van der Waals surface area (Å²) in [6, 6.07) is 0.619. The molecule has 0 amide bonds. The summed E-state index contributed by atoms with van der Waals surface area (Å²) >= 11 is 1.66. The molecule has 1 heterocycles. The van der Waals surface area contributed by atoms with E-state index in [2.05, 4.69) is 26.0 Å². The number of nitrogens with one attached hydrogen (secondary N) is 2. The second-order valence-corrected chi connectivity index (χ2v) is 5.20. The highest BCUT2D eigenvalue weighted by Gasteiger charge is 2.22. The number of rotatable bonds is 4. The Kier molecular flexibility index (Phi) is 6.13. The summed E-state index contributed by atoms with van der Waals surface area (Å²) in [5.41, 5.74) is 1.05. The van der Waals surface area contributed by atoms with Crippen molar-refractivity contribution in [3.63, 3.8) is 0 Å². The molecule has 0 saturated heterocycles. The first kappa shape index (κ1) is 15.5. The molecule has 0 bridgehead atoms. The predicted octanol–water partition coefficient (Wildman–Crippen LogP) is 1.65. The molecule has 0 atom stereocenters. The highest BCUT2D eigenvalue weighted by atomic mass is 127. The molecule has 0 unspecified atom stereocenters. The lowest BCUT2D eigenvalue weighted by Crippen LogP contribution is -2.38. The molecule has 0 aromatic carbocycles. The van der Waals surface area contributed by atoms with Gasteiger partial charge in [0.05, 0.1) is 12.2 Å². The van der Waals surface area contributed by atoms with Gasteiger partial charge in [-0.2, -0.15) is 0 Å². The minimum Gasteiger partial charge on any atom is -0.354 e. The third-order valence-electron chi connectivity index (χ3n) is 2.50. The van der Waals surface area contributed by atoms with Gasteiger partial charge in [-0.1, -0.05) is 0 Å². The molecule has 2 rings (SSSR count). The van der Waals surface area contributed by atoms with Gasteiger partial charge in [0.2, 0.25) is 0 Å². The third kappa shape index (κ3) is 4.60. The molecule has 18 heavy (non-hydrogen) atoms. The van der Waals surface area contributed by atoms with Gasteiger partial charge in [0.25, 0.3) is 0 Å². The zero-order valence-corrected chi connectivity index (χ0v) is 14.1.